The molecule has 0 aromatic carbocycles. The highest BCUT2D eigenvalue weighted by Crippen LogP contribution is 2.14. The number of carbonyl (C=O) groups excluding carboxylic acids is 2. The van der Waals surface area contributed by atoms with Crippen LogP contribution in [0.15, 0.2) is 5.38 Å². The number of amides is 2. The number of nitrogens with zero attached hydrogens (tertiary/aromatic N) is 1. The zero-order valence-electron chi connectivity index (χ0n) is 11.5. The van der Waals surface area contributed by atoms with Gasteiger partial charge in [-0.25, -0.2) is 9.78 Å². The zero-order valence-corrected chi connectivity index (χ0v) is 13.1. The van der Waals surface area contributed by atoms with Gasteiger partial charge < -0.3 is 16.2 Å². The van der Waals surface area contributed by atoms with Crippen molar-refractivity contribution < 1.29 is 19.5 Å². The van der Waals surface area contributed by atoms with Crippen molar-refractivity contribution >= 4 is 40.9 Å². The van der Waals surface area contributed by atoms with Gasteiger partial charge in [0.2, 0.25) is 11.8 Å². The third kappa shape index (κ3) is 7.09. The predicted octanol–water partition coefficient (Wildman–Crippen LogP) is 0.520. The van der Waals surface area contributed by atoms with Crippen LogP contribution in [0.3, 0.4) is 0 Å². The topological polar surface area (TPSA) is 122 Å². The van der Waals surface area contributed by atoms with Crippen LogP contribution in [0.1, 0.15) is 23.5 Å². The standard InChI is InChI=1S/C12H17N3O4S2/c1-7-14-8(5-21-7)4-20-6-11(17)15-9(12(18)19)2-3-10(13)16/h5,9H,2-4,6H2,1H3,(H2,13,16)(H,15,17)(H,18,19)/t9-/m1/s1. The zero-order chi connectivity index (χ0) is 15.8. The van der Waals surface area contributed by atoms with Crippen LogP contribution in [0, 0.1) is 6.92 Å². The highest BCUT2D eigenvalue weighted by Gasteiger charge is 2.20. The quantitative estimate of drug-likeness (QED) is 0.606. The Balaban J connectivity index is 2.32. The van der Waals surface area contributed by atoms with Gasteiger partial charge in [0.1, 0.15) is 6.04 Å². The van der Waals surface area contributed by atoms with Gasteiger partial charge in [-0.3, -0.25) is 9.59 Å². The maximum atomic E-state index is 11.7. The molecule has 0 aliphatic carbocycles. The molecule has 2 amide bonds. The first-order valence-electron chi connectivity index (χ1n) is 6.17. The van der Waals surface area contributed by atoms with E-state index in [9.17, 15) is 14.4 Å². The van der Waals surface area contributed by atoms with Gasteiger partial charge in [-0.1, -0.05) is 0 Å². The molecule has 0 radical (unpaired) electrons. The van der Waals surface area contributed by atoms with E-state index in [-0.39, 0.29) is 24.5 Å². The van der Waals surface area contributed by atoms with Gasteiger partial charge in [0.15, 0.2) is 0 Å². The first kappa shape index (κ1) is 17.4. The van der Waals surface area contributed by atoms with E-state index in [0.29, 0.717) is 5.75 Å². The number of nitrogens with two attached hydrogens (primary N) is 1. The van der Waals surface area contributed by atoms with Crippen LogP contribution in [0.25, 0.3) is 0 Å². The number of aryl methyl sites for hydroxylation is 1. The molecule has 21 heavy (non-hydrogen) atoms. The lowest BCUT2D eigenvalue weighted by Gasteiger charge is -2.13. The average Bonchev–Trinajstić information content (AvgIpc) is 2.79. The summed E-state index contributed by atoms with van der Waals surface area (Å²) in [4.78, 5) is 37.5. The summed E-state index contributed by atoms with van der Waals surface area (Å²) in [5.41, 5.74) is 5.87. The smallest absolute Gasteiger partial charge is 0.326 e. The van der Waals surface area contributed by atoms with E-state index in [1.807, 2.05) is 12.3 Å². The number of aliphatic carboxylic acids is 1. The predicted molar refractivity (Wildman–Crippen MR) is 81.0 cm³/mol. The summed E-state index contributed by atoms with van der Waals surface area (Å²) in [7, 11) is 0. The molecule has 1 aromatic heterocycles. The molecule has 9 heteroatoms. The number of primary amides is 1. The number of carboxylic acid groups (broad SMARTS) is 1. The minimum absolute atomic E-state index is 0.00759. The van der Waals surface area contributed by atoms with Crippen LogP contribution in [0.4, 0.5) is 0 Å². The van der Waals surface area contributed by atoms with E-state index in [0.717, 1.165) is 10.7 Å². The number of carbonyl (C=O) groups is 3. The van der Waals surface area contributed by atoms with Gasteiger partial charge in [-0.15, -0.1) is 23.1 Å². The normalized spacial score (nSPS) is 11.9. The summed E-state index contributed by atoms with van der Waals surface area (Å²) in [5.74, 6) is -1.43. The van der Waals surface area contributed by atoms with E-state index in [1.165, 1.54) is 11.8 Å². The second-order valence-corrected chi connectivity index (χ2v) is 6.36. The van der Waals surface area contributed by atoms with Crippen LogP contribution in [0.2, 0.25) is 0 Å². The highest BCUT2D eigenvalue weighted by molar-refractivity contribution is 7.99. The molecular formula is C12H17N3O4S2. The van der Waals surface area contributed by atoms with E-state index >= 15 is 0 Å². The Kier molecular flexibility index (Phi) is 7.17. The van der Waals surface area contributed by atoms with E-state index < -0.39 is 17.9 Å². The minimum Gasteiger partial charge on any atom is -0.480 e. The second-order valence-electron chi connectivity index (χ2n) is 4.31. The second kappa shape index (κ2) is 8.63. The van der Waals surface area contributed by atoms with Crippen molar-refractivity contribution in [2.75, 3.05) is 5.75 Å². The number of thioether (sulfide) groups is 1. The number of nitrogens with one attached hydrogen (secondary N) is 1. The van der Waals surface area contributed by atoms with Gasteiger partial charge in [0, 0.05) is 17.6 Å². The van der Waals surface area contributed by atoms with Gasteiger partial charge in [0.05, 0.1) is 16.5 Å². The molecule has 1 heterocycles. The summed E-state index contributed by atoms with van der Waals surface area (Å²) in [5, 5.41) is 14.2. The molecule has 0 fully saturated rings. The lowest BCUT2D eigenvalue weighted by atomic mass is 10.1. The molecule has 0 aliphatic rings. The number of thiazole rings is 1. The van der Waals surface area contributed by atoms with Crippen molar-refractivity contribution in [2.45, 2.75) is 31.6 Å². The summed E-state index contributed by atoms with van der Waals surface area (Å²) >= 11 is 2.89. The number of hydrogen-bond acceptors (Lipinski definition) is 6. The Labute approximate surface area is 130 Å². The molecule has 116 valence electrons. The molecule has 1 rings (SSSR count). The van der Waals surface area contributed by atoms with Crippen LogP contribution in [-0.2, 0) is 20.1 Å². The van der Waals surface area contributed by atoms with Crippen molar-refractivity contribution in [3.05, 3.63) is 16.1 Å². The monoisotopic (exact) mass is 331 g/mol. The Morgan fingerprint density at radius 3 is 2.76 bits per heavy atom. The Bertz CT molecular complexity index is 518. The first-order chi connectivity index (χ1) is 9.88. The Morgan fingerprint density at radius 2 is 2.24 bits per heavy atom. The van der Waals surface area contributed by atoms with Crippen molar-refractivity contribution in [1.82, 2.24) is 10.3 Å². The van der Waals surface area contributed by atoms with Crippen LogP contribution < -0.4 is 11.1 Å². The maximum Gasteiger partial charge on any atom is 0.326 e. The van der Waals surface area contributed by atoms with Gasteiger partial charge in [0.25, 0.3) is 0 Å². The average molecular weight is 331 g/mol. The molecule has 0 saturated carbocycles. The highest BCUT2D eigenvalue weighted by atomic mass is 32.2. The maximum absolute atomic E-state index is 11.7. The van der Waals surface area contributed by atoms with E-state index in [4.69, 9.17) is 10.8 Å². The van der Waals surface area contributed by atoms with Crippen molar-refractivity contribution in [3.63, 3.8) is 0 Å². The van der Waals surface area contributed by atoms with E-state index in [1.54, 1.807) is 11.3 Å². The Hall–Kier alpha value is -1.61. The number of carboxylic acids is 1. The summed E-state index contributed by atoms with van der Waals surface area (Å²) in [6, 6.07) is -1.09. The molecule has 4 N–H and O–H groups in total. The lowest BCUT2D eigenvalue weighted by molar-refractivity contribution is -0.141. The fraction of sp³-hybridized carbons (Fsp3) is 0.500. The summed E-state index contributed by atoms with van der Waals surface area (Å²) in [6.45, 7) is 1.90. The molecule has 0 saturated heterocycles. The van der Waals surface area contributed by atoms with Gasteiger partial charge in [-0.2, -0.15) is 0 Å². The molecule has 1 atom stereocenters. The molecule has 0 bridgehead atoms. The largest absolute Gasteiger partial charge is 0.480 e. The molecule has 0 aliphatic heterocycles. The van der Waals surface area contributed by atoms with E-state index in [2.05, 4.69) is 10.3 Å². The van der Waals surface area contributed by atoms with Crippen LogP contribution in [0.5, 0.6) is 0 Å². The summed E-state index contributed by atoms with van der Waals surface area (Å²) in [6.07, 6.45) is -0.0884. The van der Waals surface area contributed by atoms with Gasteiger partial charge >= 0.3 is 5.97 Å². The molecular weight excluding hydrogens is 314 g/mol. The number of rotatable bonds is 9. The fourth-order valence-corrected chi connectivity index (χ4v) is 2.95. The van der Waals surface area contributed by atoms with Crippen LogP contribution in [-0.4, -0.2) is 39.7 Å². The summed E-state index contributed by atoms with van der Waals surface area (Å²) < 4.78 is 0. The molecule has 0 spiro atoms. The van der Waals surface area contributed by atoms with Crippen molar-refractivity contribution in [2.24, 2.45) is 5.73 Å². The minimum atomic E-state index is -1.18. The van der Waals surface area contributed by atoms with Gasteiger partial charge in [-0.05, 0) is 13.3 Å². The molecule has 7 nitrogen and oxygen atoms in total. The molecule has 1 aromatic rings. The third-order valence-electron chi connectivity index (χ3n) is 2.46. The number of aromatic nitrogens is 1. The van der Waals surface area contributed by atoms with Crippen molar-refractivity contribution in [3.8, 4) is 0 Å². The first-order valence-corrected chi connectivity index (χ1v) is 8.21. The number of hydrogen-bond donors (Lipinski definition) is 3. The van der Waals surface area contributed by atoms with Crippen molar-refractivity contribution in [1.29, 1.82) is 0 Å². The Morgan fingerprint density at radius 1 is 1.52 bits per heavy atom. The fourth-order valence-electron chi connectivity index (χ4n) is 1.50. The lowest BCUT2D eigenvalue weighted by Crippen LogP contribution is -2.42. The SMILES string of the molecule is Cc1nc(CSCC(=O)N[C@H](CCC(N)=O)C(=O)O)cs1. The van der Waals surface area contributed by atoms with Crippen LogP contribution >= 0.6 is 23.1 Å². The molecule has 0 unspecified atom stereocenters. The third-order valence-corrected chi connectivity index (χ3v) is 4.25.